The van der Waals surface area contributed by atoms with Crippen molar-refractivity contribution in [2.75, 3.05) is 5.32 Å². The van der Waals surface area contributed by atoms with Crippen LogP contribution in [0.4, 0.5) is 5.69 Å². The van der Waals surface area contributed by atoms with E-state index in [-0.39, 0.29) is 5.91 Å². The fourth-order valence-corrected chi connectivity index (χ4v) is 3.09. The first-order valence-corrected chi connectivity index (χ1v) is 8.56. The van der Waals surface area contributed by atoms with Gasteiger partial charge in [0.05, 0.1) is 0 Å². The van der Waals surface area contributed by atoms with Crippen LogP contribution in [0.2, 0.25) is 0 Å². The van der Waals surface area contributed by atoms with E-state index >= 15 is 0 Å². The normalized spacial score (nSPS) is 13.8. The number of amides is 1. The Morgan fingerprint density at radius 2 is 1.88 bits per heavy atom. The van der Waals surface area contributed by atoms with Crippen molar-refractivity contribution >= 4 is 11.6 Å². The Morgan fingerprint density at radius 3 is 2.68 bits per heavy atom. The maximum absolute atomic E-state index is 12.2. The summed E-state index contributed by atoms with van der Waals surface area (Å²) >= 11 is 0. The van der Waals surface area contributed by atoms with Crippen molar-refractivity contribution in [1.29, 1.82) is 0 Å². The van der Waals surface area contributed by atoms with E-state index in [1.54, 1.807) is 24.4 Å². The second-order valence-corrected chi connectivity index (χ2v) is 6.15. The molecule has 2 aromatic heterocycles. The van der Waals surface area contributed by atoms with Gasteiger partial charge < -0.3 is 9.88 Å². The van der Waals surface area contributed by atoms with Crippen molar-refractivity contribution in [1.82, 2.24) is 19.7 Å². The molecule has 0 spiro atoms. The zero-order valence-electron chi connectivity index (χ0n) is 13.9. The Bertz CT molecular complexity index is 871. The molecular formula is C19H19N5O. The molecule has 25 heavy (non-hydrogen) atoms. The molecule has 0 atom stereocenters. The fraction of sp³-hybridized carbons (Fsp3) is 0.263. The van der Waals surface area contributed by atoms with Crippen LogP contribution in [0.1, 0.15) is 35.6 Å². The van der Waals surface area contributed by atoms with Crippen molar-refractivity contribution in [3.05, 3.63) is 60.2 Å². The van der Waals surface area contributed by atoms with E-state index in [1.165, 1.54) is 12.8 Å². The number of anilines is 1. The van der Waals surface area contributed by atoms with Crippen molar-refractivity contribution in [3.8, 4) is 11.4 Å². The van der Waals surface area contributed by atoms with E-state index in [4.69, 9.17) is 0 Å². The summed E-state index contributed by atoms with van der Waals surface area (Å²) in [6, 6.07) is 13.0. The first-order valence-electron chi connectivity index (χ1n) is 8.56. The molecule has 0 saturated heterocycles. The summed E-state index contributed by atoms with van der Waals surface area (Å²) in [6.45, 7) is 0.968. The lowest BCUT2D eigenvalue weighted by molar-refractivity contribution is 0.102. The van der Waals surface area contributed by atoms with E-state index in [1.807, 2.05) is 24.3 Å². The van der Waals surface area contributed by atoms with E-state index in [0.717, 1.165) is 42.3 Å². The van der Waals surface area contributed by atoms with Crippen LogP contribution < -0.4 is 5.32 Å². The molecule has 0 radical (unpaired) electrons. The smallest absolute Gasteiger partial charge is 0.274 e. The number of nitrogens with zero attached hydrogens (tertiary/aromatic N) is 4. The van der Waals surface area contributed by atoms with Gasteiger partial charge >= 0.3 is 0 Å². The molecular weight excluding hydrogens is 314 g/mol. The van der Waals surface area contributed by atoms with Gasteiger partial charge in [-0.15, -0.1) is 10.2 Å². The van der Waals surface area contributed by atoms with Gasteiger partial charge in [-0.2, -0.15) is 0 Å². The van der Waals surface area contributed by atoms with Gasteiger partial charge in [-0.1, -0.05) is 12.5 Å². The summed E-state index contributed by atoms with van der Waals surface area (Å²) in [5, 5.41) is 11.6. The maximum Gasteiger partial charge on any atom is 0.274 e. The summed E-state index contributed by atoms with van der Waals surface area (Å²) in [4.78, 5) is 16.2. The van der Waals surface area contributed by atoms with Gasteiger partial charge in [0.25, 0.3) is 5.91 Å². The Hall–Kier alpha value is -3.02. The summed E-state index contributed by atoms with van der Waals surface area (Å²) in [5.41, 5.74) is 2.14. The van der Waals surface area contributed by atoms with Gasteiger partial charge in [0.15, 0.2) is 5.82 Å². The van der Waals surface area contributed by atoms with Gasteiger partial charge in [0, 0.05) is 30.4 Å². The highest BCUT2D eigenvalue weighted by molar-refractivity contribution is 6.02. The molecule has 0 bridgehead atoms. The molecule has 0 unspecified atom stereocenters. The topological polar surface area (TPSA) is 72.7 Å². The molecule has 6 nitrogen and oxygen atoms in total. The quantitative estimate of drug-likeness (QED) is 0.798. The number of pyridine rings is 1. The third-order valence-corrected chi connectivity index (χ3v) is 4.41. The molecule has 0 fully saturated rings. The number of hydrogen-bond donors (Lipinski definition) is 1. The number of benzene rings is 1. The van der Waals surface area contributed by atoms with Crippen LogP contribution in [0.25, 0.3) is 11.4 Å². The Labute approximate surface area is 145 Å². The maximum atomic E-state index is 12.2. The average molecular weight is 333 g/mol. The number of rotatable bonds is 3. The van der Waals surface area contributed by atoms with E-state index in [2.05, 4.69) is 25.1 Å². The summed E-state index contributed by atoms with van der Waals surface area (Å²) < 4.78 is 2.22. The SMILES string of the molecule is O=C(Nc1ccc(-c2nnc3n2CCCCC3)cc1)c1ccccn1. The monoisotopic (exact) mass is 333 g/mol. The molecule has 3 heterocycles. The van der Waals surface area contributed by atoms with Crippen molar-refractivity contribution in [3.63, 3.8) is 0 Å². The zero-order valence-corrected chi connectivity index (χ0v) is 13.9. The minimum atomic E-state index is -0.218. The number of nitrogens with one attached hydrogen (secondary N) is 1. The second kappa shape index (κ2) is 6.84. The molecule has 6 heteroatoms. The van der Waals surface area contributed by atoms with Crippen molar-refractivity contribution < 1.29 is 4.79 Å². The second-order valence-electron chi connectivity index (χ2n) is 6.15. The van der Waals surface area contributed by atoms with E-state index < -0.39 is 0 Å². The summed E-state index contributed by atoms with van der Waals surface area (Å²) in [7, 11) is 0. The molecule has 3 aromatic rings. The average Bonchev–Trinajstić information content (AvgIpc) is 2.91. The van der Waals surface area contributed by atoms with Crippen LogP contribution in [-0.4, -0.2) is 25.7 Å². The first kappa shape index (κ1) is 15.5. The Kier molecular flexibility index (Phi) is 4.24. The van der Waals surface area contributed by atoms with Crippen LogP contribution in [-0.2, 0) is 13.0 Å². The minimum Gasteiger partial charge on any atom is -0.321 e. The standard InChI is InChI=1S/C19H19N5O/c25-19(16-6-3-4-12-20-16)21-15-10-8-14(9-11-15)18-23-22-17-7-2-1-5-13-24(17)18/h3-4,6,8-12H,1-2,5,7,13H2,(H,21,25). The lowest BCUT2D eigenvalue weighted by Gasteiger charge is -2.08. The van der Waals surface area contributed by atoms with Crippen LogP contribution >= 0.6 is 0 Å². The number of aromatic nitrogens is 4. The number of hydrogen-bond acceptors (Lipinski definition) is 4. The third kappa shape index (κ3) is 3.28. The Morgan fingerprint density at radius 1 is 1.00 bits per heavy atom. The molecule has 4 rings (SSSR count). The summed E-state index contributed by atoms with van der Waals surface area (Å²) in [6.07, 6.45) is 6.18. The third-order valence-electron chi connectivity index (χ3n) is 4.41. The van der Waals surface area contributed by atoms with Crippen molar-refractivity contribution in [2.24, 2.45) is 0 Å². The molecule has 126 valence electrons. The molecule has 1 aliphatic heterocycles. The fourth-order valence-electron chi connectivity index (χ4n) is 3.09. The molecule has 0 saturated carbocycles. The molecule has 1 aromatic carbocycles. The van der Waals surface area contributed by atoms with E-state index in [9.17, 15) is 4.79 Å². The van der Waals surface area contributed by atoms with Crippen LogP contribution in [0.3, 0.4) is 0 Å². The zero-order chi connectivity index (χ0) is 17.1. The highest BCUT2D eigenvalue weighted by Gasteiger charge is 2.16. The van der Waals surface area contributed by atoms with Gasteiger partial charge in [-0.25, -0.2) is 0 Å². The lowest BCUT2D eigenvalue weighted by Crippen LogP contribution is -2.13. The van der Waals surface area contributed by atoms with Gasteiger partial charge in [0.2, 0.25) is 0 Å². The highest BCUT2D eigenvalue weighted by atomic mass is 16.1. The molecule has 1 amide bonds. The summed E-state index contributed by atoms with van der Waals surface area (Å²) in [5.74, 6) is 1.75. The lowest BCUT2D eigenvalue weighted by atomic mass is 10.2. The largest absolute Gasteiger partial charge is 0.321 e. The number of carbonyl (C=O) groups is 1. The number of fused-ring (bicyclic) bond motifs is 1. The molecule has 1 N–H and O–H groups in total. The van der Waals surface area contributed by atoms with Gasteiger partial charge in [-0.3, -0.25) is 9.78 Å². The van der Waals surface area contributed by atoms with Crippen LogP contribution in [0, 0.1) is 0 Å². The number of aryl methyl sites for hydroxylation is 1. The molecule has 0 aliphatic carbocycles. The van der Waals surface area contributed by atoms with E-state index in [0.29, 0.717) is 5.69 Å². The number of carbonyl (C=O) groups excluding carboxylic acids is 1. The molecule has 1 aliphatic rings. The van der Waals surface area contributed by atoms with Gasteiger partial charge in [-0.05, 0) is 49.2 Å². The Balaban J connectivity index is 1.53. The minimum absolute atomic E-state index is 0.218. The predicted molar refractivity (Wildman–Crippen MR) is 95.2 cm³/mol. The predicted octanol–water partition coefficient (Wildman–Crippen LogP) is 3.32. The highest BCUT2D eigenvalue weighted by Crippen LogP contribution is 2.24. The van der Waals surface area contributed by atoms with Gasteiger partial charge in [0.1, 0.15) is 11.5 Å². The first-order chi connectivity index (χ1) is 12.3. The van der Waals surface area contributed by atoms with Crippen molar-refractivity contribution in [2.45, 2.75) is 32.2 Å². The van der Waals surface area contributed by atoms with Crippen LogP contribution in [0.5, 0.6) is 0 Å². The van der Waals surface area contributed by atoms with Crippen LogP contribution in [0.15, 0.2) is 48.7 Å².